The lowest BCUT2D eigenvalue weighted by molar-refractivity contribution is -0.146. The second-order valence-corrected chi connectivity index (χ2v) is 11.5. The molecule has 0 spiro atoms. The first-order valence-electron chi connectivity index (χ1n) is 12.5. The number of ketones is 1. The number of benzene rings is 1. The summed E-state index contributed by atoms with van der Waals surface area (Å²) in [6.07, 6.45) is 8.34. The fourth-order valence-electron chi connectivity index (χ4n) is 8.37. The van der Waals surface area contributed by atoms with Gasteiger partial charge in [0.25, 0.3) is 0 Å². The van der Waals surface area contributed by atoms with E-state index in [0.717, 1.165) is 63.5 Å². The fraction of sp³-hybridized carbons (Fsp3) is 0.741. The second-order valence-electron chi connectivity index (χ2n) is 11.5. The van der Waals surface area contributed by atoms with E-state index in [9.17, 15) is 13.6 Å². The highest BCUT2D eigenvalue weighted by atomic mass is 19.1. The monoisotopic (exact) mass is 448 g/mol. The Morgan fingerprint density at radius 1 is 1.06 bits per heavy atom. The van der Waals surface area contributed by atoms with E-state index in [-0.39, 0.29) is 41.3 Å². The van der Waals surface area contributed by atoms with Gasteiger partial charge in [0.1, 0.15) is 18.1 Å². The van der Waals surface area contributed by atoms with Gasteiger partial charge >= 0.3 is 0 Å². The molecule has 4 fully saturated rings. The summed E-state index contributed by atoms with van der Waals surface area (Å²) in [5.41, 5.74) is -1.14. The minimum absolute atomic E-state index is 0.00712. The zero-order valence-corrected chi connectivity index (χ0v) is 19.2. The minimum Gasteiger partial charge on any atom is -0.483 e. The van der Waals surface area contributed by atoms with E-state index in [1.807, 2.05) is 0 Å². The smallest absolute Gasteiger partial charge is 0.173 e. The van der Waals surface area contributed by atoms with E-state index < -0.39 is 17.3 Å². The maximum atomic E-state index is 16.4. The molecule has 0 N–H and O–H groups in total. The van der Waals surface area contributed by atoms with Crippen LogP contribution in [-0.2, 0) is 4.79 Å². The van der Waals surface area contributed by atoms with Crippen molar-refractivity contribution in [2.24, 2.45) is 40.9 Å². The van der Waals surface area contributed by atoms with Gasteiger partial charge in [0, 0.05) is 12.0 Å². The number of halogens is 3. The third-order valence-electron chi connectivity index (χ3n) is 9.94. The molecule has 0 radical (unpaired) electrons. The number of rotatable bonds is 4. The molecule has 176 valence electrons. The van der Waals surface area contributed by atoms with Crippen molar-refractivity contribution in [2.45, 2.75) is 77.3 Å². The van der Waals surface area contributed by atoms with Crippen molar-refractivity contribution in [1.82, 2.24) is 0 Å². The van der Waals surface area contributed by atoms with Gasteiger partial charge in [-0.1, -0.05) is 13.8 Å². The molecule has 0 aliphatic heterocycles. The van der Waals surface area contributed by atoms with Gasteiger partial charge < -0.3 is 4.74 Å². The summed E-state index contributed by atoms with van der Waals surface area (Å²) in [4.78, 5) is 13.1. The number of ether oxygens (including phenoxy) is 1. The molecule has 4 aliphatic carbocycles. The molecule has 8 atom stereocenters. The average molecular weight is 449 g/mol. The van der Waals surface area contributed by atoms with Crippen LogP contribution in [0, 0.1) is 52.6 Å². The molecule has 0 heterocycles. The summed E-state index contributed by atoms with van der Waals surface area (Å²) in [6, 6.07) is 3.13. The number of hydrogen-bond acceptors (Lipinski definition) is 2. The Morgan fingerprint density at radius 3 is 2.66 bits per heavy atom. The van der Waals surface area contributed by atoms with E-state index in [2.05, 4.69) is 13.8 Å². The molecule has 1 aromatic carbocycles. The average Bonchev–Trinajstić information content (AvgIpc) is 3.11. The molecular weight excluding hydrogens is 413 g/mol. The molecule has 0 aromatic heterocycles. The van der Waals surface area contributed by atoms with Gasteiger partial charge in [-0.3, -0.25) is 4.79 Å². The minimum atomic E-state index is -1.01. The Labute approximate surface area is 189 Å². The topological polar surface area (TPSA) is 26.3 Å². The number of alkyl halides is 1. The Bertz CT molecular complexity index is 888. The zero-order valence-electron chi connectivity index (χ0n) is 19.2. The first kappa shape index (κ1) is 22.3. The Kier molecular flexibility index (Phi) is 5.61. The molecule has 1 aromatic rings. The summed E-state index contributed by atoms with van der Waals surface area (Å²) in [6.45, 7) is 4.29. The van der Waals surface area contributed by atoms with Crippen LogP contribution >= 0.6 is 0 Å². The highest BCUT2D eigenvalue weighted by molar-refractivity contribution is 5.83. The van der Waals surface area contributed by atoms with Gasteiger partial charge in [-0.2, -0.15) is 0 Å². The molecule has 5 heteroatoms. The maximum absolute atomic E-state index is 16.4. The fourth-order valence-corrected chi connectivity index (χ4v) is 8.37. The molecule has 3 unspecified atom stereocenters. The highest BCUT2D eigenvalue weighted by Crippen LogP contribution is 2.66. The predicted molar refractivity (Wildman–Crippen MR) is 117 cm³/mol. The number of carbonyl (C=O) groups excluding carboxylic acids is 1. The third kappa shape index (κ3) is 3.49. The number of carbonyl (C=O) groups is 1. The number of hydrogen-bond donors (Lipinski definition) is 0. The van der Waals surface area contributed by atoms with Crippen molar-refractivity contribution in [3.63, 3.8) is 0 Å². The lowest BCUT2D eigenvalue weighted by atomic mass is 9.48. The van der Waals surface area contributed by atoms with Crippen molar-refractivity contribution in [2.75, 3.05) is 6.61 Å². The van der Waals surface area contributed by atoms with Crippen molar-refractivity contribution >= 4 is 5.78 Å². The quantitative estimate of drug-likeness (QED) is 0.500. The van der Waals surface area contributed by atoms with Gasteiger partial charge in [0.2, 0.25) is 0 Å². The van der Waals surface area contributed by atoms with E-state index >= 15 is 4.39 Å². The standard InChI is InChI=1S/C27H35F3O2/c1-16-9-12-27(30)17(13-16)3-5-19-20-6-7-22(26(20,2)11-10-21(19)27)24(31)15-32-25-8-4-18(28)14-23(25)29/h4,8,14,16-17,19-22H,3,5-7,9-13,15H2,1-2H3/t16?,17-,19+,20?,21?,22-,26+,27-/m1/s1. The maximum Gasteiger partial charge on any atom is 0.173 e. The van der Waals surface area contributed by atoms with Gasteiger partial charge in [-0.25, -0.2) is 13.2 Å². The second kappa shape index (κ2) is 8.06. The number of fused-ring (bicyclic) bond motifs is 5. The molecule has 2 nitrogen and oxygen atoms in total. The Morgan fingerprint density at radius 2 is 1.88 bits per heavy atom. The number of Topliss-reactive ketones (excluding diaryl/α,β-unsaturated/α-hetero) is 1. The van der Waals surface area contributed by atoms with Gasteiger partial charge in [0.15, 0.2) is 17.3 Å². The van der Waals surface area contributed by atoms with Crippen LogP contribution in [0.25, 0.3) is 0 Å². The van der Waals surface area contributed by atoms with E-state index in [0.29, 0.717) is 24.2 Å². The van der Waals surface area contributed by atoms with Gasteiger partial charge in [-0.05, 0) is 105 Å². The summed E-state index contributed by atoms with van der Waals surface area (Å²) in [5, 5.41) is 0. The first-order valence-corrected chi connectivity index (χ1v) is 12.5. The Hall–Kier alpha value is -1.52. The predicted octanol–water partition coefficient (Wildman–Crippen LogP) is 6.91. The zero-order chi connectivity index (χ0) is 22.7. The van der Waals surface area contributed by atoms with Crippen LogP contribution < -0.4 is 4.74 Å². The summed E-state index contributed by atoms with van der Waals surface area (Å²) in [5.74, 6) is 0.0600. The van der Waals surface area contributed by atoms with Crippen LogP contribution in [0.4, 0.5) is 13.2 Å². The van der Waals surface area contributed by atoms with Gasteiger partial charge in [-0.15, -0.1) is 0 Å². The lowest BCUT2D eigenvalue weighted by Crippen LogP contribution is -2.56. The van der Waals surface area contributed by atoms with E-state index in [4.69, 9.17) is 4.74 Å². The van der Waals surface area contributed by atoms with E-state index in [1.54, 1.807) is 0 Å². The molecule has 0 bridgehead atoms. The van der Waals surface area contributed by atoms with Crippen LogP contribution in [-0.4, -0.2) is 18.1 Å². The molecular formula is C27H35F3O2. The van der Waals surface area contributed by atoms with Crippen LogP contribution in [0.1, 0.15) is 71.6 Å². The van der Waals surface area contributed by atoms with Crippen molar-refractivity contribution in [3.05, 3.63) is 29.8 Å². The molecule has 4 aliphatic rings. The third-order valence-corrected chi connectivity index (χ3v) is 9.94. The Balaban J connectivity index is 1.29. The molecule has 0 amide bonds. The van der Waals surface area contributed by atoms with E-state index in [1.165, 1.54) is 6.07 Å². The van der Waals surface area contributed by atoms with Crippen LogP contribution in [0.3, 0.4) is 0 Å². The van der Waals surface area contributed by atoms with Crippen LogP contribution in [0.5, 0.6) is 5.75 Å². The summed E-state index contributed by atoms with van der Waals surface area (Å²) in [7, 11) is 0. The molecule has 0 saturated heterocycles. The first-order chi connectivity index (χ1) is 15.2. The largest absolute Gasteiger partial charge is 0.483 e. The van der Waals surface area contributed by atoms with Gasteiger partial charge in [0.05, 0.1) is 0 Å². The molecule has 5 rings (SSSR count). The molecule has 4 saturated carbocycles. The van der Waals surface area contributed by atoms with Crippen LogP contribution in [0.15, 0.2) is 18.2 Å². The van der Waals surface area contributed by atoms with Crippen molar-refractivity contribution in [3.8, 4) is 5.75 Å². The SMILES string of the molecule is CC1CC[C@]2(F)C3CC[C@@]4(C)C(CC[C@@H]4C(=O)COc4ccc(F)cc4F)[C@@H]3CC[C@@H]2C1. The summed E-state index contributed by atoms with van der Waals surface area (Å²) < 4.78 is 48.8. The summed E-state index contributed by atoms with van der Waals surface area (Å²) >= 11 is 0. The van der Waals surface area contributed by atoms with Crippen LogP contribution in [0.2, 0.25) is 0 Å². The van der Waals surface area contributed by atoms with Crippen molar-refractivity contribution < 1.29 is 22.7 Å². The van der Waals surface area contributed by atoms with Crippen molar-refractivity contribution in [1.29, 1.82) is 0 Å². The lowest BCUT2D eigenvalue weighted by Gasteiger charge is -2.58. The molecule has 32 heavy (non-hydrogen) atoms. The highest BCUT2D eigenvalue weighted by Gasteiger charge is 2.62. The normalized spacial score (nSPS) is 43.2.